The summed E-state index contributed by atoms with van der Waals surface area (Å²) in [4.78, 5) is 4.27. The predicted octanol–water partition coefficient (Wildman–Crippen LogP) is 3.51. The summed E-state index contributed by atoms with van der Waals surface area (Å²) in [7, 11) is 0. The summed E-state index contributed by atoms with van der Waals surface area (Å²) in [6.45, 7) is 0. The van der Waals surface area contributed by atoms with E-state index in [0.717, 1.165) is 4.70 Å². The van der Waals surface area contributed by atoms with Crippen LogP contribution in [0.1, 0.15) is 0 Å². The first-order valence-electron chi connectivity index (χ1n) is 5.22. The van der Waals surface area contributed by atoms with Gasteiger partial charge in [0.05, 0.1) is 15.8 Å². The molecule has 2 N–H and O–H groups in total. The van der Waals surface area contributed by atoms with Crippen molar-refractivity contribution in [2.45, 2.75) is 0 Å². The number of phenolic OH excluding ortho intramolecular Hbond substituents is 2. The third kappa shape index (κ3) is 1.78. The maximum atomic E-state index is 13.1. The third-order valence-corrected chi connectivity index (χ3v) is 3.63. The molecule has 1 heterocycles. The lowest BCUT2D eigenvalue weighted by atomic mass is 10.2. The Morgan fingerprint density at radius 2 is 1.89 bits per heavy atom. The van der Waals surface area contributed by atoms with Crippen molar-refractivity contribution in [3.8, 4) is 22.1 Å². The normalized spacial score (nSPS) is 10.9. The van der Waals surface area contributed by atoms with Crippen molar-refractivity contribution in [1.29, 1.82) is 0 Å². The van der Waals surface area contributed by atoms with Gasteiger partial charge in [-0.25, -0.2) is 9.37 Å². The molecule has 90 valence electrons. The van der Waals surface area contributed by atoms with Crippen LogP contribution in [0, 0.1) is 5.82 Å². The topological polar surface area (TPSA) is 53.4 Å². The number of hydrogen-bond donors (Lipinski definition) is 2. The zero-order valence-corrected chi connectivity index (χ0v) is 9.91. The third-order valence-electron chi connectivity index (χ3n) is 2.56. The Kier molecular flexibility index (Phi) is 2.41. The fourth-order valence-corrected chi connectivity index (χ4v) is 2.70. The van der Waals surface area contributed by atoms with Gasteiger partial charge in [0.15, 0.2) is 0 Å². The number of thiazole rings is 1. The molecule has 5 heteroatoms. The largest absolute Gasteiger partial charge is 0.508 e. The van der Waals surface area contributed by atoms with Crippen molar-refractivity contribution in [1.82, 2.24) is 4.98 Å². The quantitative estimate of drug-likeness (QED) is 0.704. The number of phenols is 2. The summed E-state index contributed by atoms with van der Waals surface area (Å²) in [6, 6.07) is 8.69. The number of aromatic nitrogens is 1. The maximum absolute atomic E-state index is 13.1. The molecule has 0 amide bonds. The minimum atomic E-state index is -0.339. The lowest BCUT2D eigenvalue weighted by molar-refractivity contribution is 0.452. The van der Waals surface area contributed by atoms with Crippen LogP contribution in [0.2, 0.25) is 0 Å². The van der Waals surface area contributed by atoms with Gasteiger partial charge < -0.3 is 10.2 Å². The van der Waals surface area contributed by atoms with Crippen LogP contribution in [-0.4, -0.2) is 15.2 Å². The molecule has 0 bridgehead atoms. The molecule has 0 saturated carbocycles. The van der Waals surface area contributed by atoms with E-state index in [1.54, 1.807) is 12.1 Å². The molecule has 0 fully saturated rings. The van der Waals surface area contributed by atoms with E-state index >= 15 is 0 Å². The zero-order valence-electron chi connectivity index (χ0n) is 9.09. The average molecular weight is 261 g/mol. The van der Waals surface area contributed by atoms with Crippen molar-refractivity contribution < 1.29 is 14.6 Å². The lowest BCUT2D eigenvalue weighted by Gasteiger charge is -2.00. The Morgan fingerprint density at radius 3 is 2.67 bits per heavy atom. The molecule has 18 heavy (non-hydrogen) atoms. The van der Waals surface area contributed by atoms with Gasteiger partial charge in [-0.05, 0) is 24.3 Å². The molecule has 0 aliphatic heterocycles. The van der Waals surface area contributed by atoms with Gasteiger partial charge in [0.25, 0.3) is 0 Å². The summed E-state index contributed by atoms with van der Waals surface area (Å²) in [5.41, 5.74) is 1.08. The van der Waals surface area contributed by atoms with Gasteiger partial charge >= 0.3 is 0 Å². The van der Waals surface area contributed by atoms with Gasteiger partial charge in [0.2, 0.25) is 0 Å². The Hall–Kier alpha value is -2.14. The molecule has 3 nitrogen and oxygen atoms in total. The average Bonchev–Trinajstić information content (AvgIpc) is 2.71. The Morgan fingerprint density at radius 1 is 1.06 bits per heavy atom. The second-order valence-electron chi connectivity index (χ2n) is 3.83. The molecule has 1 aromatic heterocycles. The van der Waals surface area contributed by atoms with Crippen molar-refractivity contribution >= 4 is 21.6 Å². The lowest BCUT2D eigenvalue weighted by Crippen LogP contribution is -1.78. The van der Waals surface area contributed by atoms with Gasteiger partial charge in [-0.2, -0.15) is 0 Å². The number of rotatable bonds is 1. The highest BCUT2D eigenvalue weighted by Crippen LogP contribution is 2.36. The standard InChI is InChI=1S/C13H8FNO2S/c14-7-1-4-12-10(5-7)15-13(18-12)9-3-2-8(16)6-11(9)17/h1-6,16-17H. The highest BCUT2D eigenvalue weighted by Gasteiger charge is 2.11. The summed E-state index contributed by atoms with van der Waals surface area (Å²) in [5, 5.41) is 19.6. The molecule has 0 aliphatic carbocycles. The molecule has 0 spiro atoms. The van der Waals surface area contributed by atoms with E-state index in [1.807, 2.05) is 0 Å². The van der Waals surface area contributed by atoms with Gasteiger partial charge in [-0.3, -0.25) is 0 Å². The molecular formula is C13H8FNO2S. The van der Waals surface area contributed by atoms with Crippen molar-refractivity contribution in [3.63, 3.8) is 0 Å². The highest BCUT2D eigenvalue weighted by atomic mass is 32.1. The minimum absolute atomic E-state index is 0.0107. The monoisotopic (exact) mass is 261 g/mol. The van der Waals surface area contributed by atoms with Gasteiger partial charge in [0.1, 0.15) is 22.3 Å². The minimum Gasteiger partial charge on any atom is -0.508 e. The van der Waals surface area contributed by atoms with E-state index in [9.17, 15) is 14.6 Å². The molecule has 3 aromatic rings. The van der Waals surface area contributed by atoms with Crippen LogP contribution >= 0.6 is 11.3 Å². The molecule has 2 aromatic carbocycles. The summed E-state index contributed by atoms with van der Waals surface area (Å²) in [5.74, 6) is -0.396. The predicted molar refractivity (Wildman–Crippen MR) is 68.3 cm³/mol. The molecular weight excluding hydrogens is 253 g/mol. The smallest absolute Gasteiger partial charge is 0.129 e. The van der Waals surface area contributed by atoms with Crippen LogP contribution in [0.4, 0.5) is 4.39 Å². The van der Waals surface area contributed by atoms with Crippen molar-refractivity contribution in [2.24, 2.45) is 0 Å². The molecule has 0 unspecified atom stereocenters. The number of nitrogens with zero attached hydrogens (tertiary/aromatic N) is 1. The first-order valence-corrected chi connectivity index (χ1v) is 6.03. The molecule has 3 rings (SSSR count). The maximum Gasteiger partial charge on any atom is 0.129 e. The van der Waals surface area contributed by atoms with Crippen LogP contribution in [0.3, 0.4) is 0 Å². The molecule has 0 atom stereocenters. The van der Waals surface area contributed by atoms with Crippen LogP contribution in [-0.2, 0) is 0 Å². The van der Waals surface area contributed by atoms with E-state index in [0.29, 0.717) is 16.1 Å². The fourth-order valence-electron chi connectivity index (χ4n) is 1.72. The Balaban J connectivity index is 2.19. The van der Waals surface area contributed by atoms with Crippen molar-refractivity contribution in [2.75, 3.05) is 0 Å². The summed E-state index contributed by atoms with van der Waals surface area (Å²) >= 11 is 1.36. The Bertz CT molecular complexity index is 739. The van der Waals surface area contributed by atoms with Crippen LogP contribution in [0.5, 0.6) is 11.5 Å². The fraction of sp³-hybridized carbons (Fsp3) is 0. The number of halogens is 1. The second kappa shape index (κ2) is 3.96. The number of aromatic hydroxyl groups is 2. The second-order valence-corrected chi connectivity index (χ2v) is 4.86. The van der Waals surface area contributed by atoms with Gasteiger partial charge in [-0.15, -0.1) is 11.3 Å². The van der Waals surface area contributed by atoms with E-state index < -0.39 is 0 Å². The number of benzene rings is 2. The first kappa shape index (κ1) is 11.0. The molecule has 0 aliphatic rings. The van der Waals surface area contributed by atoms with Crippen LogP contribution in [0.15, 0.2) is 36.4 Å². The first-order chi connectivity index (χ1) is 8.63. The van der Waals surface area contributed by atoms with E-state index in [1.165, 1.54) is 35.6 Å². The van der Waals surface area contributed by atoms with Crippen LogP contribution < -0.4 is 0 Å². The zero-order chi connectivity index (χ0) is 12.7. The van der Waals surface area contributed by atoms with Crippen LogP contribution in [0.25, 0.3) is 20.8 Å². The van der Waals surface area contributed by atoms with E-state index in [-0.39, 0.29) is 17.3 Å². The number of hydrogen-bond acceptors (Lipinski definition) is 4. The summed E-state index contributed by atoms with van der Waals surface area (Å²) < 4.78 is 13.9. The SMILES string of the molecule is Oc1ccc(-c2nc3cc(F)ccc3s2)c(O)c1. The van der Waals surface area contributed by atoms with Gasteiger partial charge in [0, 0.05) is 12.1 Å². The van der Waals surface area contributed by atoms with E-state index in [4.69, 9.17) is 0 Å². The highest BCUT2D eigenvalue weighted by molar-refractivity contribution is 7.21. The summed E-state index contributed by atoms with van der Waals surface area (Å²) in [6.07, 6.45) is 0. The molecule has 0 radical (unpaired) electrons. The Labute approximate surface area is 106 Å². The van der Waals surface area contributed by atoms with E-state index in [2.05, 4.69) is 4.98 Å². The van der Waals surface area contributed by atoms with Gasteiger partial charge in [-0.1, -0.05) is 0 Å². The van der Waals surface area contributed by atoms with Crippen molar-refractivity contribution in [3.05, 3.63) is 42.2 Å². The number of fused-ring (bicyclic) bond motifs is 1. The molecule has 0 saturated heterocycles.